The van der Waals surface area contributed by atoms with Crippen molar-refractivity contribution in [2.75, 3.05) is 0 Å². The van der Waals surface area contributed by atoms with E-state index < -0.39 is 11.8 Å². The van der Waals surface area contributed by atoms with Crippen molar-refractivity contribution in [1.29, 1.82) is 0 Å². The van der Waals surface area contributed by atoms with E-state index in [4.69, 9.17) is 11.7 Å². The lowest BCUT2D eigenvalue weighted by molar-refractivity contribution is 0.0920. The average molecular weight is 244 g/mol. The Labute approximate surface area is 103 Å². The third-order valence-electron chi connectivity index (χ3n) is 2.64. The van der Waals surface area contributed by atoms with Gasteiger partial charge in [0.25, 0.3) is 11.8 Å². The van der Waals surface area contributed by atoms with Crippen molar-refractivity contribution in [3.8, 4) is 0 Å². The van der Waals surface area contributed by atoms with Crippen LogP contribution >= 0.6 is 0 Å². The molecule has 0 aromatic heterocycles. The normalized spacial score (nSPS) is 10.1. The molecule has 0 aliphatic rings. The number of hydrogen-bond acceptors (Lipinski definition) is 4. The van der Waals surface area contributed by atoms with Crippen LogP contribution in [-0.2, 0) is 0 Å². The molecule has 2 rings (SSSR count). The summed E-state index contributed by atoms with van der Waals surface area (Å²) in [5.41, 5.74) is 4.37. The zero-order valence-electron chi connectivity index (χ0n) is 9.44. The van der Waals surface area contributed by atoms with E-state index >= 15 is 0 Å². The van der Waals surface area contributed by atoms with Crippen LogP contribution < -0.4 is 22.5 Å². The number of carbonyl (C=O) groups is 2. The molecule has 0 radical (unpaired) electrons. The van der Waals surface area contributed by atoms with Gasteiger partial charge in [0.15, 0.2) is 0 Å². The highest BCUT2D eigenvalue weighted by Gasteiger charge is 2.16. The Morgan fingerprint density at radius 2 is 1.22 bits per heavy atom. The summed E-state index contributed by atoms with van der Waals surface area (Å²) in [6, 6.07) is 10.6. The zero-order chi connectivity index (χ0) is 13.1. The van der Waals surface area contributed by atoms with Crippen molar-refractivity contribution < 1.29 is 9.59 Å². The molecule has 6 nitrogen and oxygen atoms in total. The van der Waals surface area contributed by atoms with Gasteiger partial charge in [0, 0.05) is 0 Å². The van der Waals surface area contributed by atoms with Gasteiger partial charge in [0.05, 0.1) is 11.1 Å². The summed E-state index contributed by atoms with van der Waals surface area (Å²) in [4.78, 5) is 23.3. The van der Waals surface area contributed by atoms with Crippen molar-refractivity contribution in [1.82, 2.24) is 10.9 Å². The number of hydrazine groups is 2. The topological polar surface area (TPSA) is 110 Å². The van der Waals surface area contributed by atoms with Crippen LogP contribution in [0.3, 0.4) is 0 Å². The Hall–Kier alpha value is -2.44. The Bertz CT molecular complexity index is 570. The van der Waals surface area contributed by atoms with Gasteiger partial charge in [-0.25, -0.2) is 11.7 Å². The highest BCUT2D eigenvalue weighted by molar-refractivity contribution is 6.10. The van der Waals surface area contributed by atoms with Gasteiger partial charge in [-0.2, -0.15) is 0 Å². The van der Waals surface area contributed by atoms with E-state index in [1.165, 1.54) is 0 Å². The summed E-state index contributed by atoms with van der Waals surface area (Å²) in [7, 11) is 0. The molecule has 0 saturated carbocycles. The number of benzene rings is 2. The number of nitrogens with one attached hydrogen (secondary N) is 2. The van der Waals surface area contributed by atoms with Crippen LogP contribution in [0.4, 0.5) is 0 Å². The maximum atomic E-state index is 11.6. The highest BCUT2D eigenvalue weighted by atomic mass is 16.2. The molecule has 0 fully saturated rings. The van der Waals surface area contributed by atoms with E-state index in [0.717, 1.165) is 10.8 Å². The van der Waals surface area contributed by atoms with Crippen molar-refractivity contribution >= 4 is 22.6 Å². The monoisotopic (exact) mass is 244 g/mol. The number of amides is 2. The first kappa shape index (κ1) is 12.0. The van der Waals surface area contributed by atoms with Crippen LogP contribution in [0.5, 0.6) is 0 Å². The van der Waals surface area contributed by atoms with E-state index in [9.17, 15) is 9.59 Å². The average Bonchev–Trinajstić information content (AvgIpc) is 2.44. The fourth-order valence-electron chi connectivity index (χ4n) is 1.77. The van der Waals surface area contributed by atoms with Crippen LogP contribution in [0.1, 0.15) is 20.7 Å². The first-order chi connectivity index (χ1) is 8.67. The van der Waals surface area contributed by atoms with Gasteiger partial charge < -0.3 is 0 Å². The third kappa shape index (κ3) is 2.02. The Morgan fingerprint density at radius 3 is 1.56 bits per heavy atom. The molecular weight excluding hydrogens is 232 g/mol. The van der Waals surface area contributed by atoms with Gasteiger partial charge in [-0.15, -0.1) is 0 Å². The predicted octanol–water partition coefficient (Wildman–Crippen LogP) is 0.0468. The standard InChI is InChI=1S/C12H12N4O2/c13-15-11(17)9-5-7-3-1-2-4-8(7)6-10(9)12(18)16-14/h1-6H,13-14H2,(H,15,17)(H,16,18). The van der Waals surface area contributed by atoms with Crippen molar-refractivity contribution in [3.63, 3.8) is 0 Å². The smallest absolute Gasteiger partial charge is 0.266 e. The van der Waals surface area contributed by atoms with Gasteiger partial charge in [-0.3, -0.25) is 20.4 Å². The molecule has 92 valence electrons. The van der Waals surface area contributed by atoms with Crippen LogP contribution in [0, 0.1) is 0 Å². The Balaban J connectivity index is 2.71. The van der Waals surface area contributed by atoms with E-state index in [-0.39, 0.29) is 11.1 Å². The minimum atomic E-state index is -0.542. The van der Waals surface area contributed by atoms with Crippen LogP contribution in [0.15, 0.2) is 36.4 Å². The summed E-state index contributed by atoms with van der Waals surface area (Å²) in [6.45, 7) is 0. The molecule has 2 aromatic rings. The second kappa shape index (κ2) is 4.82. The predicted molar refractivity (Wildman–Crippen MR) is 67.3 cm³/mol. The second-order valence-corrected chi connectivity index (χ2v) is 3.69. The summed E-state index contributed by atoms with van der Waals surface area (Å²) in [5.74, 6) is 9.11. The molecule has 6 heteroatoms. The molecule has 0 atom stereocenters. The van der Waals surface area contributed by atoms with Crippen molar-refractivity contribution in [2.45, 2.75) is 0 Å². The first-order valence-electron chi connectivity index (χ1n) is 5.22. The number of rotatable bonds is 2. The molecule has 2 aromatic carbocycles. The quantitative estimate of drug-likeness (QED) is 0.340. The van der Waals surface area contributed by atoms with Gasteiger partial charge >= 0.3 is 0 Å². The number of nitrogens with two attached hydrogens (primary N) is 2. The van der Waals surface area contributed by atoms with Crippen molar-refractivity contribution in [3.05, 3.63) is 47.5 Å². The van der Waals surface area contributed by atoms with Gasteiger partial charge in [-0.05, 0) is 22.9 Å². The molecule has 0 spiro atoms. The lowest BCUT2D eigenvalue weighted by Crippen LogP contribution is -2.35. The number of fused-ring (bicyclic) bond motifs is 1. The molecule has 0 aliphatic carbocycles. The molecule has 2 amide bonds. The lowest BCUT2D eigenvalue weighted by Gasteiger charge is -2.09. The number of hydrogen-bond donors (Lipinski definition) is 4. The van der Waals surface area contributed by atoms with Crippen LogP contribution in [0.2, 0.25) is 0 Å². The van der Waals surface area contributed by atoms with Gasteiger partial charge in [-0.1, -0.05) is 24.3 Å². The first-order valence-corrected chi connectivity index (χ1v) is 5.22. The molecular formula is C12H12N4O2. The molecule has 0 bridgehead atoms. The highest BCUT2D eigenvalue weighted by Crippen LogP contribution is 2.20. The Kier molecular flexibility index (Phi) is 3.22. The molecule has 0 aliphatic heterocycles. The minimum absolute atomic E-state index is 0.180. The lowest BCUT2D eigenvalue weighted by atomic mass is 10.00. The summed E-state index contributed by atoms with van der Waals surface area (Å²) < 4.78 is 0. The van der Waals surface area contributed by atoms with Crippen molar-refractivity contribution in [2.24, 2.45) is 11.7 Å². The SMILES string of the molecule is NNC(=O)c1cc2ccccc2cc1C(=O)NN. The van der Waals surface area contributed by atoms with Gasteiger partial charge in [0.1, 0.15) is 0 Å². The maximum Gasteiger partial charge on any atom is 0.266 e. The fraction of sp³-hybridized carbons (Fsp3) is 0. The molecule has 18 heavy (non-hydrogen) atoms. The largest absolute Gasteiger partial charge is 0.290 e. The van der Waals surface area contributed by atoms with E-state index in [2.05, 4.69) is 0 Å². The third-order valence-corrected chi connectivity index (χ3v) is 2.64. The van der Waals surface area contributed by atoms with E-state index in [0.29, 0.717) is 0 Å². The van der Waals surface area contributed by atoms with E-state index in [1.807, 2.05) is 35.1 Å². The summed E-state index contributed by atoms with van der Waals surface area (Å²) in [6.07, 6.45) is 0. The maximum absolute atomic E-state index is 11.6. The molecule has 0 heterocycles. The number of carbonyl (C=O) groups excluding carboxylic acids is 2. The van der Waals surface area contributed by atoms with Crippen LogP contribution in [0.25, 0.3) is 10.8 Å². The molecule has 0 saturated heterocycles. The van der Waals surface area contributed by atoms with Gasteiger partial charge in [0.2, 0.25) is 0 Å². The summed E-state index contributed by atoms with van der Waals surface area (Å²) in [5, 5.41) is 1.68. The molecule has 0 unspecified atom stereocenters. The zero-order valence-corrected chi connectivity index (χ0v) is 9.44. The minimum Gasteiger partial charge on any atom is -0.290 e. The fourth-order valence-corrected chi connectivity index (χ4v) is 1.77. The summed E-state index contributed by atoms with van der Waals surface area (Å²) >= 11 is 0. The molecule has 6 N–H and O–H groups in total. The van der Waals surface area contributed by atoms with Crippen LogP contribution in [-0.4, -0.2) is 11.8 Å². The second-order valence-electron chi connectivity index (χ2n) is 3.69. The Morgan fingerprint density at radius 1 is 0.833 bits per heavy atom. The van der Waals surface area contributed by atoms with E-state index in [1.54, 1.807) is 12.1 Å². The number of nitrogen functional groups attached to an aromatic ring is 2.